The van der Waals surface area contributed by atoms with Crippen molar-refractivity contribution in [3.8, 4) is 5.75 Å². The lowest BCUT2D eigenvalue weighted by atomic mass is 10.2. The van der Waals surface area contributed by atoms with Gasteiger partial charge in [-0.2, -0.15) is 0 Å². The topological polar surface area (TPSA) is 64.4 Å². The maximum absolute atomic E-state index is 10.9. The Bertz CT molecular complexity index is 563. The highest BCUT2D eigenvalue weighted by Crippen LogP contribution is 2.15. The van der Waals surface area contributed by atoms with Crippen molar-refractivity contribution in [3.63, 3.8) is 0 Å². The summed E-state index contributed by atoms with van der Waals surface area (Å²) in [6, 6.07) is 6.47. The molecule has 0 saturated carbocycles. The van der Waals surface area contributed by atoms with Gasteiger partial charge in [-0.3, -0.25) is 0 Å². The fourth-order valence-electron chi connectivity index (χ4n) is 1.79. The van der Waals surface area contributed by atoms with E-state index in [9.17, 15) is 4.79 Å². The minimum Gasteiger partial charge on any atom is -0.487 e. The molecule has 1 aromatic carbocycles. The smallest absolute Gasteiger partial charge is 0.335 e. The molecule has 2 aromatic rings. The summed E-state index contributed by atoms with van der Waals surface area (Å²) in [6.07, 6.45) is 4.56. The van der Waals surface area contributed by atoms with Crippen LogP contribution >= 0.6 is 0 Å². The number of carboxylic acids is 1. The number of aromatic carboxylic acids is 1. The highest BCUT2D eigenvalue weighted by Gasteiger charge is 2.05. The van der Waals surface area contributed by atoms with Crippen LogP contribution in [0.1, 0.15) is 29.4 Å². The molecule has 0 unspecified atom stereocenters. The number of aromatic nitrogens is 2. The van der Waals surface area contributed by atoms with E-state index in [2.05, 4.69) is 11.9 Å². The van der Waals surface area contributed by atoms with E-state index in [4.69, 9.17) is 9.84 Å². The summed E-state index contributed by atoms with van der Waals surface area (Å²) in [6.45, 7) is 3.37. The normalized spacial score (nSPS) is 10.4. The van der Waals surface area contributed by atoms with Crippen molar-refractivity contribution in [1.82, 2.24) is 9.55 Å². The first-order valence-electron chi connectivity index (χ1n) is 6.16. The number of benzene rings is 1. The first kappa shape index (κ1) is 13.1. The average Bonchev–Trinajstić information content (AvgIpc) is 2.85. The quantitative estimate of drug-likeness (QED) is 0.867. The molecule has 0 aliphatic carbocycles. The third-order valence-electron chi connectivity index (χ3n) is 2.73. The Kier molecular flexibility index (Phi) is 4.18. The lowest BCUT2D eigenvalue weighted by Gasteiger charge is -2.09. The first-order chi connectivity index (χ1) is 9.20. The van der Waals surface area contributed by atoms with Gasteiger partial charge in [-0.1, -0.05) is 13.0 Å². The molecule has 0 fully saturated rings. The molecular formula is C14H16N2O3. The number of nitrogens with zero attached hydrogens (tertiary/aromatic N) is 2. The Morgan fingerprint density at radius 3 is 3.05 bits per heavy atom. The molecule has 100 valence electrons. The van der Waals surface area contributed by atoms with Gasteiger partial charge < -0.3 is 14.4 Å². The zero-order valence-electron chi connectivity index (χ0n) is 10.7. The number of hydrogen-bond donors (Lipinski definition) is 1. The van der Waals surface area contributed by atoms with Gasteiger partial charge in [-0.15, -0.1) is 0 Å². The molecule has 1 aromatic heterocycles. The molecule has 1 heterocycles. The van der Waals surface area contributed by atoms with Crippen LogP contribution in [0.4, 0.5) is 0 Å². The van der Waals surface area contributed by atoms with Gasteiger partial charge in [0.15, 0.2) is 0 Å². The second-order valence-electron chi connectivity index (χ2n) is 4.20. The van der Waals surface area contributed by atoms with Crippen LogP contribution in [0.5, 0.6) is 5.75 Å². The van der Waals surface area contributed by atoms with E-state index in [1.165, 1.54) is 12.1 Å². The molecule has 5 heteroatoms. The summed E-state index contributed by atoms with van der Waals surface area (Å²) in [5.74, 6) is -0.411. The van der Waals surface area contributed by atoms with Crippen LogP contribution in [0, 0.1) is 0 Å². The molecule has 19 heavy (non-hydrogen) atoms. The Morgan fingerprint density at radius 2 is 2.32 bits per heavy atom. The molecule has 0 bridgehead atoms. The number of hydrogen-bond acceptors (Lipinski definition) is 3. The Balaban J connectivity index is 2.04. The molecule has 1 N–H and O–H groups in total. The molecular weight excluding hydrogens is 244 g/mol. The number of ether oxygens (including phenoxy) is 1. The summed E-state index contributed by atoms with van der Waals surface area (Å²) in [5, 5.41) is 8.91. The minimum atomic E-state index is -0.957. The summed E-state index contributed by atoms with van der Waals surface area (Å²) >= 11 is 0. The first-order valence-corrected chi connectivity index (χ1v) is 6.16. The number of carboxylic acid groups (broad SMARTS) is 1. The van der Waals surface area contributed by atoms with E-state index >= 15 is 0 Å². The van der Waals surface area contributed by atoms with Crippen molar-refractivity contribution >= 4 is 5.97 Å². The van der Waals surface area contributed by atoms with Crippen molar-refractivity contribution in [2.24, 2.45) is 0 Å². The van der Waals surface area contributed by atoms with Crippen molar-refractivity contribution < 1.29 is 14.6 Å². The molecule has 0 atom stereocenters. The van der Waals surface area contributed by atoms with Crippen molar-refractivity contribution in [3.05, 3.63) is 48.0 Å². The summed E-state index contributed by atoms with van der Waals surface area (Å²) in [5.41, 5.74) is 1.20. The zero-order chi connectivity index (χ0) is 13.7. The van der Waals surface area contributed by atoms with Crippen LogP contribution in [0.2, 0.25) is 0 Å². The Morgan fingerprint density at radius 1 is 1.47 bits per heavy atom. The molecule has 0 amide bonds. The van der Waals surface area contributed by atoms with Crippen molar-refractivity contribution in [2.75, 3.05) is 0 Å². The molecule has 0 saturated heterocycles. The molecule has 0 spiro atoms. The van der Waals surface area contributed by atoms with Gasteiger partial charge in [0.05, 0.1) is 23.8 Å². The van der Waals surface area contributed by atoms with Crippen LogP contribution < -0.4 is 4.74 Å². The number of aryl methyl sites for hydroxylation is 1. The standard InChI is InChI=1S/C14H16N2O3/c1-2-6-16-10-15-8-12(16)9-19-13-5-3-4-11(7-13)14(17)18/h3-5,7-8,10H,2,6,9H2,1H3,(H,17,18). The molecule has 5 nitrogen and oxygen atoms in total. The highest BCUT2D eigenvalue weighted by atomic mass is 16.5. The van der Waals surface area contributed by atoms with E-state index in [-0.39, 0.29) is 5.56 Å². The third kappa shape index (κ3) is 3.34. The summed E-state index contributed by atoms with van der Waals surface area (Å²) in [4.78, 5) is 14.9. The average molecular weight is 260 g/mol. The fraction of sp³-hybridized carbons (Fsp3) is 0.286. The van der Waals surface area contributed by atoms with Crippen LogP contribution in [0.25, 0.3) is 0 Å². The second-order valence-corrected chi connectivity index (χ2v) is 4.20. The van der Waals surface area contributed by atoms with E-state index in [0.717, 1.165) is 18.7 Å². The van der Waals surface area contributed by atoms with Gasteiger partial charge in [0.2, 0.25) is 0 Å². The minimum absolute atomic E-state index is 0.222. The van der Waals surface area contributed by atoms with Crippen LogP contribution in [0.3, 0.4) is 0 Å². The van der Waals surface area contributed by atoms with E-state index in [1.54, 1.807) is 24.7 Å². The zero-order valence-corrected chi connectivity index (χ0v) is 10.7. The van der Waals surface area contributed by atoms with E-state index < -0.39 is 5.97 Å². The maximum Gasteiger partial charge on any atom is 0.335 e. The fourth-order valence-corrected chi connectivity index (χ4v) is 1.79. The lowest BCUT2D eigenvalue weighted by Crippen LogP contribution is -2.05. The molecule has 0 aliphatic rings. The highest BCUT2D eigenvalue weighted by molar-refractivity contribution is 5.87. The van der Waals surface area contributed by atoms with Crippen LogP contribution in [0.15, 0.2) is 36.8 Å². The van der Waals surface area contributed by atoms with Gasteiger partial charge in [0.25, 0.3) is 0 Å². The molecule has 0 radical (unpaired) electrons. The van der Waals surface area contributed by atoms with Crippen molar-refractivity contribution in [2.45, 2.75) is 26.5 Å². The largest absolute Gasteiger partial charge is 0.487 e. The maximum atomic E-state index is 10.9. The predicted octanol–water partition coefficient (Wildman–Crippen LogP) is 2.57. The number of carbonyl (C=O) groups is 1. The van der Waals surface area contributed by atoms with Gasteiger partial charge >= 0.3 is 5.97 Å². The van der Waals surface area contributed by atoms with E-state index in [0.29, 0.717) is 12.4 Å². The summed E-state index contributed by atoms with van der Waals surface area (Å²) in [7, 11) is 0. The SMILES string of the molecule is CCCn1cncc1COc1cccc(C(=O)O)c1. The Labute approximate surface area is 111 Å². The lowest BCUT2D eigenvalue weighted by molar-refractivity contribution is 0.0696. The van der Waals surface area contributed by atoms with Crippen molar-refractivity contribution in [1.29, 1.82) is 0 Å². The third-order valence-corrected chi connectivity index (χ3v) is 2.73. The molecule has 2 rings (SSSR count). The second kappa shape index (κ2) is 6.04. The van der Waals surface area contributed by atoms with E-state index in [1.807, 2.05) is 4.57 Å². The van der Waals surface area contributed by atoms with Gasteiger partial charge in [0, 0.05) is 6.54 Å². The number of rotatable bonds is 6. The van der Waals surface area contributed by atoms with Crippen LogP contribution in [-0.2, 0) is 13.2 Å². The van der Waals surface area contributed by atoms with Crippen LogP contribution in [-0.4, -0.2) is 20.6 Å². The van der Waals surface area contributed by atoms with Gasteiger partial charge in [-0.25, -0.2) is 9.78 Å². The van der Waals surface area contributed by atoms with Gasteiger partial charge in [0.1, 0.15) is 12.4 Å². The predicted molar refractivity (Wildman–Crippen MR) is 70.3 cm³/mol. The molecule has 0 aliphatic heterocycles. The number of imidazole rings is 1. The Hall–Kier alpha value is -2.30. The monoisotopic (exact) mass is 260 g/mol. The summed E-state index contributed by atoms with van der Waals surface area (Å²) < 4.78 is 7.63. The van der Waals surface area contributed by atoms with Gasteiger partial charge in [-0.05, 0) is 24.6 Å².